The van der Waals surface area contributed by atoms with Gasteiger partial charge in [0.05, 0.1) is 18.7 Å². The molecule has 2 atom stereocenters. The predicted molar refractivity (Wildman–Crippen MR) is 107 cm³/mol. The van der Waals surface area contributed by atoms with Gasteiger partial charge in [0.2, 0.25) is 5.91 Å². The summed E-state index contributed by atoms with van der Waals surface area (Å²) in [4.78, 5) is 38.5. The third-order valence-electron chi connectivity index (χ3n) is 4.98. The lowest BCUT2D eigenvalue weighted by atomic mass is 10.0. The summed E-state index contributed by atoms with van der Waals surface area (Å²) in [6, 6.07) is 11.1. The fourth-order valence-corrected chi connectivity index (χ4v) is 3.19. The van der Waals surface area contributed by atoms with Crippen LogP contribution < -0.4 is 5.32 Å². The van der Waals surface area contributed by atoms with E-state index in [4.69, 9.17) is 9.15 Å². The molecule has 0 saturated carbocycles. The van der Waals surface area contributed by atoms with Crippen molar-refractivity contribution in [2.24, 2.45) is 5.92 Å². The quantitative estimate of drug-likeness (QED) is 0.723. The van der Waals surface area contributed by atoms with E-state index >= 15 is 0 Å². The zero-order chi connectivity index (χ0) is 21.0. The zero-order valence-electron chi connectivity index (χ0n) is 16.9. The molecule has 29 heavy (non-hydrogen) atoms. The topological polar surface area (TPSA) is 88.8 Å². The lowest BCUT2D eigenvalue weighted by Gasteiger charge is -2.17. The number of carbonyl (C=O) groups is 3. The van der Waals surface area contributed by atoms with E-state index in [1.165, 1.54) is 18.8 Å². The number of nitrogens with one attached hydrogen (secondary N) is 1. The Morgan fingerprint density at radius 3 is 2.55 bits per heavy atom. The van der Waals surface area contributed by atoms with Crippen molar-refractivity contribution in [2.75, 3.05) is 11.9 Å². The number of nitrogens with zero attached hydrogens (tertiary/aromatic N) is 1. The summed E-state index contributed by atoms with van der Waals surface area (Å²) in [6.45, 7) is 6.28. The minimum absolute atomic E-state index is 0.0740. The highest BCUT2D eigenvalue weighted by Gasteiger charge is 2.36. The van der Waals surface area contributed by atoms with Crippen LogP contribution in [0.5, 0.6) is 0 Å². The Morgan fingerprint density at radius 2 is 1.93 bits per heavy atom. The maximum Gasteiger partial charge on any atom is 0.312 e. The Labute approximate surface area is 170 Å². The maximum atomic E-state index is 12.4. The number of ether oxygens (including phenoxy) is 1. The van der Waals surface area contributed by atoms with Gasteiger partial charge < -0.3 is 19.4 Å². The fourth-order valence-electron chi connectivity index (χ4n) is 3.19. The maximum absolute atomic E-state index is 12.4. The molecule has 1 saturated heterocycles. The van der Waals surface area contributed by atoms with Crippen molar-refractivity contribution in [3.63, 3.8) is 0 Å². The number of anilines is 1. The molecule has 0 spiro atoms. The normalized spacial score (nSPS) is 17.4. The lowest BCUT2D eigenvalue weighted by molar-refractivity contribution is -0.157. The van der Waals surface area contributed by atoms with Gasteiger partial charge in [-0.15, -0.1) is 0 Å². The number of likely N-dealkylation sites (tertiary alicyclic amines) is 1. The predicted octanol–water partition coefficient (Wildman–Crippen LogP) is 3.32. The van der Waals surface area contributed by atoms with Gasteiger partial charge in [0.1, 0.15) is 5.76 Å². The molecule has 154 valence electrons. The zero-order valence-corrected chi connectivity index (χ0v) is 16.9. The molecule has 2 amide bonds. The Morgan fingerprint density at radius 1 is 1.21 bits per heavy atom. The number of esters is 1. The summed E-state index contributed by atoms with van der Waals surface area (Å²) in [7, 11) is 0. The third kappa shape index (κ3) is 5.25. The third-order valence-corrected chi connectivity index (χ3v) is 4.98. The SMILES string of the molecule is CC(C)c1ccc(NC(=O)[C@@H](C)OC(=O)[C@H]2CC(=O)N(Cc3ccco3)C2)cc1. The van der Waals surface area contributed by atoms with Crippen LogP contribution >= 0.6 is 0 Å². The minimum Gasteiger partial charge on any atom is -0.467 e. The molecule has 7 nitrogen and oxygen atoms in total. The van der Waals surface area contributed by atoms with Gasteiger partial charge in [-0.3, -0.25) is 14.4 Å². The number of hydrogen-bond donors (Lipinski definition) is 1. The van der Waals surface area contributed by atoms with Crippen LogP contribution in [0.1, 0.15) is 44.4 Å². The van der Waals surface area contributed by atoms with Crippen molar-refractivity contribution in [1.82, 2.24) is 4.90 Å². The van der Waals surface area contributed by atoms with Crippen LogP contribution in [0.4, 0.5) is 5.69 Å². The molecule has 1 aromatic carbocycles. The molecule has 0 radical (unpaired) electrons. The number of carbonyl (C=O) groups excluding carboxylic acids is 3. The molecule has 0 bridgehead atoms. The van der Waals surface area contributed by atoms with E-state index in [-0.39, 0.29) is 18.9 Å². The molecule has 1 fully saturated rings. The van der Waals surface area contributed by atoms with Crippen LogP contribution in [0.3, 0.4) is 0 Å². The minimum atomic E-state index is -0.957. The van der Waals surface area contributed by atoms with Crippen molar-refractivity contribution in [3.05, 3.63) is 54.0 Å². The number of furan rings is 1. The molecule has 2 aromatic rings. The van der Waals surface area contributed by atoms with Gasteiger partial charge in [-0.25, -0.2) is 0 Å². The lowest BCUT2D eigenvalue weighted by Crippen LogP contribution is -2.33. The van der Waals surface area contributed by atoms with Crippen LogP contribution in [0.2, 0.25) is 0 Å². The van der Waals surface area contributed by atoms with Crippen LogP contribution in [-0.2, 0) is 25.7 Å². The Hall–Kier alpha value is -3.09. The van der Waals surface area contributed by atoms with E-state index in [0.29, 0.717) is 23.9 Å². The first-order valence-corrected chi connectivity index (χ1v) is 9.75. The second kappa shape index (κ2) is 8.94. The molecule has 1 N–H and O–H groups in total. The molecule has 3 rings (SSSR count). The highest BCUT2D eigenvalue weighted by Crippen LogP contribution is 2.22. The molecule has 2 heterocycles. The van der Waals surface area contributed by atoms with Crippen LogP contribution in [-0.4, -0.2) is 35.3 Å². The first-order valence-electron chi connectivity index (χ1n) is 9.75. The molecule has 0 unspecified atom stereocenters. The van der Waals surface area contributed by atoms with Gasteiger partial charge in [-0.1, -0.05) is 26.0 Å². The number of amides is 2. The molecule has 0 aliphatic carbocycles. The van der Waals surface area contributed by atoms with Crippen molar-refractivity contribution >= 4 is 23.5 Å². The molecule has 1 aliphatic rings. The van der Waals surface area contributed by atoms with Crippen molar-refractivity contribution < 1.29 is 23.5 Å². The van der Waals surface area contributed by atoms with Crippen molar-refractivity contribution in [1.29, 1.82) is 0 Å². The summed E-state index contributed by atoms with van der Waals surface area (Å²) in [6.07, 6.45) is 0.657. The highest BCUT2D eigenvalue weighted by atomic mass is 16.5. The van der Waals surface area contributed by atoms with Crippen LogP contribution in [0, 0.1) is 5.92 Å². The standard InChI is InChI=1S/C22H26N2O5/c1-14(2)16-6-8-18(9-7-16)23-21(26)15(3)29-22(27)17-11-20(25)24(12-17)13-19-5-4-10-28-19/h4-10,14-15,17H,11-13H2,1-3H3,(H,23,26)/t15-,17+/m1/s1. The second-order valence-corrected chi connectivity index (χ2v) is 7.60. The fraction of sp³-hybridized carbons (Fsp3) is 0.409. The molecular weight excluding hydrogens is 372 g/mol. The van der Waals surface area contributed by atoms with E-state index in [9.17, 15) is 14.4 Å². The number of hydrogen-bond acceptors (Lipinski definition) is 5. The van der Waals surface area contributed by atoms with E-state index in [2.05, 4.69) is 19.2 Å². The van der Waals surface area contributed by atoms with Crippen LogP contribution in [0.15, 0.2) is 47.1 Å². The van der Waals surface area contributed by atoms with Crippen LogP contribution in [0.25, 0.3) is 0 Å². The van der Waals surface area contributed by atoms with E-state index in [1.807, 2.05) is 24.3 Å². The van der Waals surface area contributed by atoms with Gasteiger partial charge in [-0.05, 0) is 42.7 Å². The summed E-state index contributed by atoms with van der Waals surface area (Å²) in [5, 5.41) is 2.75. The molecule has 1 aromatic heterocycles. The first-order chi connectivity index (χ1) is 13.8. The molecule has 1 aliphatic heterocycles. The summed E-state index contributed by atoms with van der Waals surface area (Å²) in [5.41, 5.74) is 1.82. The average molecular weight is 398 g/mol. The second-order valence-electron chi connectivity index (χ2n) is 7.60. The summed E-state index contributed by atoms with van der Waals surface area (Å²) in [5.74, 6) is -0.612. The Bertz CT molecular complexity index is 858. The highest BCUT2D eigenvalue weighted by molar-refractivity contribution is 5.95. The Kier molecular flexibility index (Phi) is 6.36. The largest absolute Gasteiger partial charge is 0.467 e. The molecular formula is C22H26N2O5. The van der Waals surface area contributed by atoms with Crippen molar-refractivity contribution in [2.45, 2.75) is 45.8 Å². The van der Waals surface area contributed by atoms with E-state index in [1.54, 1.807) is 17.0 Å². The van der Waals surface area contributed by atoms with Gasteiger partial charge in [0.25, 0.3) is 5.91 Å². The van der Waals surface area contributed by atoms with Gasteiger partial charge in [0.15, 0.2) is 6.10 Å². The van der Waals surface area contributed by atoms with E-state index in [0.717, 1.165) is 0 Å². The number of benzene rings is 1. The monoisotopic (exact) mass is 398 g/mol. The smallest absolute Gasteiger partial charge is 0.312 e. The van der Waals surface area contributed by atoms with Gasteiger partial charge >= 0.3 is 5.97 Å². The number of rotatable bonds is 7. The first kappa shape index (κ1) is 20.6. The van der Waals surface area contributed by atoms with Gasteiger partial charge in [-0.2, -0.15) is 0 Å². The molecule has 7 heteroatoms. The van der Waals surface area contributed by atoms with Gasteiger partial charge in [0, 0.05) is 18.7 Å². The summed E-state index contributed by atoms with van der Waals surface area (Å²) < 4.78 is 10.6. The van der Waals surface area contributed by atoms with Crippen molar-refractivity contribution in [3.8, 4) is 0 Å². The Balaban J connectivity index is 1.50. The average Bonchev–Trinajstić information content (AvgIpc) is 3.32. The van der Waals surface area contributed by atoms with E-state index < -0.39 is 23.9 Å². The summed E-state index contributed by atoms with van der Waals surface area (Å²) >= 11 is 0.